The number of carbonyl (C=O) groups is 1. The largest absolute Gasteiger partial charge is 0.464 e. The molecule has 27 heavy (non-hydrogen) atoms. The number of aliphatic hydroxyl groups is 1. The molecule has 2 N–H and O–H groups in total. The number of rotatable bonds is 9. The van der Waals surface area contributed by atoms with E-state index in [1.807, 2.05) is 18.2 Å². The lowest BCUT2D eigenvalue weighted by Crippen LogP contribution is -2.28. The fourth-order valence-electron chi connectivity index (χ4n) is 2.54. The minimum Gasteiger partial charge on any atom is -0.464 e. The molecule has 8 heteroatoms. The number of aliphatic hydroxyl groups excluding tert-OH is 1. The number of halogens is 1. The molecule has 1 aliphatic carbocycles. The predicted molar refractivity (Wildman–Crippen MR) is 107 cm³/mol. The van der Waals surface area contributed by atoms with E-state index in [0.29, 0.717) is 17.4 Å². The number of carbonyl (C=O) groups excluding carboxylic acids is 1. The second kappa shape index (κ2) is 9.39. The van der Waals surface area contributed by atoms with Crippen LogP contribution in [0.15, 0.2) is 30.3 Å². The average molecular weight is 408 g/mol. The fourth-order valence-corrected chi connectivity index (χ4v) is 3.78. The van der Waals surface area contributed by atoms with E-state index in [2.05, 4.69) is 27.4 Å². The lowest BCUT2D eigenvalue weighted by atomic mass is 10.2. The Morgan fingerprint density at radius 3 is 2.74 bits per heavy atom. The Labute approximate surface area is 167 Å². The first-order chi connectivity index (χ1) is 13.1. The number of anilines is 1. The zero-order valence-corrected chi connectivity index (χ0v) is 16.6. The smallest absolute Gasteiger partial charge is 0.358 e. The molecule has 0 radical (unpaired) electrons. The maximum Gasteiger partial charge on any atom is 0.358 e. The van der Waals surface area contributed by atoms with Gasteiger partial charge in [0, 0.05) is 17.4 Å². The highest BCUT2D eigenvalue weighted by Gasteiger charge is 2.30. The summed E-state index contributed by atoms with van der Waals surface area (Å²) < 4.78 is 4.78. The minimum atomic E-state index is -0.591. The van der Waals surface area contributed by atoms with Gasteiger partial charge in [0.25, 0.3) is 0 Å². The van der Waals surface area contributed by atoms with Crippen LogP contribution in [0.3, 0.4) is 0 Å². The summed E-state index contributed by atoms with van der Waals surface area (Å²) in [6.45, 7) is -0.0750. The monoisotopic (exact) mass is 407 g/mol. The van der Waals surface area contributed by atoms with E-state index in [1.165, 1.54) is 12.7 Å². The fraction of sp³-hybridized carbons (Fsp3) is 0.421. The Hall–Kier alpha value is -1.83. The van der Waals surface area contributed by atoms with Gasteiger partial charge in [0.1, 0.15) is 16.7 Å². The minimum absolute atomic E-state index is 0.0622. The molecule has 1 aromatic carbocycles. The van der Waals surface area contributed by atoms with E-state index in [4.69, 9.17) is 16.3 Å². The van der Waals surface area contributed by atoms with Crippen molar-refractivity contribution in [3.8, 4) is 0 Å². The maximum absolute atomic E-state index is 12.0. The molecule has 1 heterocycles. The standard InChI is InChI=1S/C19H22ClN3O3S/c1-26-19(25)16-15(20)18(23-17(22-16)13-7-8-13)21-14(9-24)11-27-10-12-5-3-2-4-6-12/h2-6,13-14,24H,7-11H2,1H3,(H,21,22,23)/t14-/m1/s1. The van der Waals surface area contributed by atoms with Gasteiger partial charge in [0.15, 0.2) is 5.69 Å². The molecule has 3 rings (SSSR count). The molecular formula is C19H22ClN3O3S. The van der Waals surface area contributed by atoms with Gasteiger partial charge in [0.05, 0.1) is 19.8 Å². The van der Waals surface area contributed by atoms with Crippen molar-refractivity contribution in [3.05, 3.63) is 52.4 Å². The van der Waals surface area contributed by atoms with E-state index >= 15 is 0 Å². The predicted octanol–water partition coefficient (Wildman–Crippen LogP) is 3.50. The molecule has 1 aliphatic rings. The second-order valence-electron chi connectivity index (χ2n) is 6.38. The van der Waals surface area contributed by atoms with Crippen LogP contribution in [0, 0.1) is 0 Å². The highest BCUT2D eigenvalue weighted by atomic mass is 35.5. The zero-order chi connectivity index (χ0) is 19.2. The molecule has 1 fully saturated rings. The number of thioether (sulfide) groups is 1. The Morgan fingerprint density at radius 1 is 1.37 bits per heavy atom. The van der Waals surface area contributed by atoms with Crippen molar-refractivity contribution >= 4 is 35.1 Å². The van der Waals surface area contributed by atoms with Crippen LogP contribution in [0.25, 0.3) is 0 Å². The molecule has 0 spiro atoms. The molecule has 6 nitrogen and oxygen atoms in total. The molecule has 0 amide bonds. The van der Waals surface area contributed by atoms with Gasteiger partial charge in [-0.3, -0.25) is 0 Å². The number of nitrogens with one attached hydrogen (secondary N) is 1. The second-order valence-corrected chi connectivity index (χ2v) is 7.79. The number of esters is 1. The van der Waals surface area contributed by atoms with Crippen molar-refractivity contribution in [2.75, 3.05) is 24.8 Å². The van der Waals surface area contributed by atoms with Gasteiger partial charge >= 0.3 is 5.97 Å². The number of methoxy groups -OCH3 is 1. The summed E-state index contributed by atoms with van der Waals surface area (Å²) in [6.07, 6.45) is 2.00. The number of hydrogen-bond acceptors (Lipinski definition) is 7. The average Bonchev–Trinajstić information content (AvgIpc) is 3.54. The number of ether oxygens (including phenoxy) is 1. The Morgan fingerprint density at radius 2 is 2.11 bits per heavy atom. The first-order valence-electron chi connectivity index (χ1n) is 8.77. The number of hydrogen-bond donors (Lipinski definition) is 2. The third kappa shape index (κ3) is 5.34. The van der Waals surface area contributed by atoms with Gasteiger partial charge < -0.3 is 15.2 Å². The van der Waals surface area contributed by atoms with Crippen LogP contribution in [0.2, 0.25) is 5.02 Å². The summed E-state index contributed by atoms with van der Waals surface area (Å²) >= 11 is 8.04. The number of aromatic nitrogens is 2. The van der Waals surface area contributed by atoms with E-state index < -0.39 is 5.97 Å². The van der Waals surface area contributed by atoms with Gasteiger partial charge in [-0.1, -0.05) is 41.9 Å². The van der Waals surface area contributed by atoms with Crippen LogP contribution in [0.5, 0.6) is 0 Å². The summed E-state index contributed by atoms with van der Waals surface area (Å²) in [6, 6.07) is 9.89. The SMILES string of the molecule is COC(=O)c1nc(C2CC2)nc(N[C@H](CO)CSCc2ccccc2)c1Cl. The molecule has 2 aromatic rings. The summed E-state index contributed by atoms with van der Waals surface area (Å²) in [4.78, 5) is 20.7. The first-order valence-corrected chi connectivity index (χ1v) is 10.3. The van der Waals surface area contributed by atoms with Gasteiger partial charge in [-0.05, 0) is 18.4 Å². The third-order valence-corrected chi connectivity index (χ3v) is 5.72. The summed E-state index contributed by atoms with van der Waals surface area (Å²) in [7, 11) is 1.29. The highest BCUT2D eigenvalue weighted by molar-refractivity contribution is 7.98. The topological polar surface area (TPSA) is 84.3 Å². The van der Waals surface area contributed by atoms with E-state index in [0.717, 1.165) is 18.6 Å². The van der Waals surface area contributed by atoms with Crippen LogP contribution in [-0.4, -0.2) is 46.6 Å². The maximum atomic E-state index is 12.0. The van der Waals surface area contributed by atoms with Gasteiger partial charge in [-0.25, -0.2) is 14.8 Å². The number of benzene rings is 1. The summed E-state index contributed by atoms with van der Waals surface area (Å²) in [5.41, 5.74) is 1.29. The molecule has 1 saturated carbocycles. The normalized spacial score (nSPS) is 14.6. The first kappa shape index (κ1) is 19.9. The summed E-state index contributed by atoms with van der Waals surface area (Å²) in [5, 5.41) is 13.0. The molecule has 0 saturated heterocycles. The molecule has 144 valence electrons. The molecule has 0 bridgehead atoms. The number of nitrogens with zero attached hydrogens (tertiary/aromatic N) is 2. The lowest BCUT2D eigenvalue weighted by molar-refractivity contribution is 0.0593. The van der Waals surface area contributed by atoms with Crippen molar-refractivity contribution in [3.63, 3.8) is 0 Å². The molecule has 0 unspecified atom stereocenters. The Bertz CT molecular complexity index is 787. The summed E-state index contributed by atoms with van der Waals surface area (Å²) in [5.74, 6) is 2.14. The Kier molecular flexibility index (Phi) is 6.93. The Balaban J connectivity index is 1.70. The van der Waals surface area contributed by atoms with Gasteiger partial charge in [-0.15, -0.1) is 0 Å². The van der Waals surface area contributed by atoms with Crippen molar-refractivity contribution in [2.24, 2.45) is 0 Å². The molecule has 0 aliphatic heterocycles. The third-order valence-electron chi connectivity index (χ3n) is 4.18. The van der Waals surface area contributed by atoms with Crippen molar-refractivity contribution < 1.29 is 14.6 Å². The lowest BCUT2D eigenvalue weighted by Gasteiger charge is -2.19. The molecule has 1 aromatic heterocycles. The van der Waals surface area contributed by atoms with Crippen molar-refractivity contribution in [1.29, 1.82) is 0 Å². The zero-order valence-electron chi connectivity index (χ0n) is 15.0. The van der Waals surface area contributed by atoms with Crippen LogP contribution >= 0.6 is 23.4 Å². The van der Waals surface area contributed by atoms with E-state index in [-0.39, 0.29) is 29.3 Å². The van der Waals surface area contributed by atoms with Crippen LogP contribution < -0.4 is 5.32 Å². The molecule has 1 atom stereocenters. The van der Waals surface area contributed by atoms with Gasteiger partial charge in [-0.2, -0.15) is 11.8 Å². The van der Waals surface area contributed by atoms with Crippen LogP contribution in [0.4, 0.5) is 5.82 Å². The molecular weight excluding hydrogens is 386 g/mol. The highest BCUT2D eigenvalue weighted by Crippen LogP contribution is 2.39. The quantitative estimate of drug-likeness (QED) is 0.615. The van der Waals surface area contributed by atoms with Gasteiger partial charge in [0.2, 0.25) is 0 Å². The van der Waals surface area contributed by atoms with Crippen LogP contribution in [-0.2, 0) is 10.5 Å². The van der Waals surface area contributed by atoms with Crippen LogP contribution in [0.1, 0.15) is 40.6 Å². The van der Waals surface area contributed by atoms with Crippen molar-refractivity contribution in [1.82, 2.24) is 9.97 Å². The van der Waals surface area contributed by atoms with E-state index in [1.54, 1.807) is 11.8 Å². The van der Waals surface area contributed by atoms with E-state index in [9.17, 15) is 9.90 Å². The van der Waals surface area contributed by atoms with Crippen molar-refractivity contribution in [2.45, 2.75) is 30.6 Å².